The third kappa shape index (κ3) is 3.02. The second kappa shape index (κ2) is 6.51. The molecule has 0 unspecified atom stereocenters. The molecule has 0 N–H and O–H groups in total. The molecular formula is C15H8N4O8. The first kappa shape index (κ1) is 17.5. The molecule has 3 rings (SSSR count). The zero-order chi connectivity index (χ0) is 19.7. The van der Waals surface area contributed by atoms with Crippen LogP contribution >= 0.6 is 0 Å². The number of nitro groups is 2. The Morgan fingerprint density at radius 2 is 1.63 bits per heavy atom. The largest absolute Gasteiger partial charge is 0.447 e. The SMILES string of the molecule is O=C(c1ccc([N+](=O)[O-])cc1[N+](=O)[O-])n1oc(=O)n(-c2ccccc2)c1=O. The lowest BCUT2D eigenvalue weighted by molar-refractivity contribution is -0.394. The maximum atomic E-state index is 12.5. The second-order valence-electron chi connectivity index (χ2n) is 5.13. The Kier molecular flexibility index (Phi) is 4.21. The minimum Gasteiger partial charge on any atom is -0.308 e. The first-order valence-corrected chi connectivity index (χ1v) is 7.19. The molecule has 0 saturated carbocycles. The fourth-order valence-electron chi connectivity index (χ4n) is 2.32. The normalized spacial score (nSPS) is 10.5. The molecule has 12 heteroatoms. The van der Waals surface area contributed by atoms with Gasteiger partial charge in [0, 0.05) is 6.07 Å². The molecule has 3 aromatic rings. The molecule has 0 aliphatic rings. The van der Waals surface area contributed by atoms with Gasteiger partial charge in [0.15, 0.2) is 0 Å². The highest BCUT2D eigenvalue weighted by atomic mass is 16.6. The molecule has 1 aromatic heterocycles. The van der Waals surface area contributed by atoms with E-state index in [4.69, 9.17) is 0 Å². The number of hydrogen-bond donors (Lipinski definition) is 0. The number of para-hydroxylation sites is 1. The third-order valence-corrected chi connectivity index (χ3v) is 3.54. The molecule has 1 heterocycles. The molecule has 27 heavy (non-hydrogen) atoms. The van der Waals surface area contributed by atoms with E-state index in [1.165, 1.54) is 12.1 Å². The quantitative estimate of drug-likeness (QED) is 0.486. The number of non-ortho nitro benzene ring substituents is 1. The van der Waals surface area contributed by atoms with Crippen LogP contribution in [0.4, 0.5) is 11.4 Å². The minimum atomic E-state index is -1.31. The molecule has 0 bridgehead atoms. The maximum Gasteiger partial charge on any atom is 0.447 e. The zero-order valence-electron chi connectivity index (χ0n) is 13.2. The first-order valence-electron chi connectivity index (χ1n) is 7.19. The molecule has 0 spiro atoms. The predicted molar refractivity (Wildman–Crippen MR) is 88.0 cm³/mol. The van der Waals surface area contributed by atoms with Crippen LogP contribution in [0.1, 0.15) is 10.4 Å². The van der Waals surface area contributed by atoms with Gasteiger partial charge in [0.1, 0.15) is 5.56 Å². The van der Waals surface area contributed by atoms with Crippen molar-refractivity contribution >= 4 is 17.3 Å². The summed E-state index contributed by atoms with van der Waals surface area (Å²) >= 11 is 0. The third-order valence-electron chi connectivity index (χ3n) is 3.54. The van der Waals surface area contributed by atoms with Crippen molar-refractivity contribution in [3.8, 4) is 5.69 Å². The van der Waals surface area contributed by atoms with E-state index in [0.717, 1.165) is 12.1 Å². The van der Waals surface area contributed by atoms with Gasteiger partial charge in [0.25, 0.3) is 11.4 Å². The van der Waals surface area contributed by atoms with Crippen LogP contribution in [0.15, 0.2) is 62.6 Å². The lowest BCUT2D eigenvalue weighted by Crippen LogP contribution is -2.30. The van der Waals surface area contributed by atoms with Crippen LogP contribution in [0.2, 0.25) is 0 Å². The van der Waals surface area contributed by atoms with Crippen molar-refractivity contribution in [1.82, 2.24) is 9.31 Å². The molecule has 0 saturated heterocycles. The van der Waals surface area contributed by atoms with Crippen molar-refractivity contribution in [2.45, 2.75) is 0 Å². The number of nitro benzene ring substituents is 2. The molecule has 0 aliphatic carbocycles. The van der Waals surface area contributed by atoms with E-state index in [1.54, 1.807) is 18.2 Å². The average molecular weight is 372 g/mol. The highest BCUT2D eigenvalue weighted by Gasteiger charge is 2.28. The number of benzene rings is 2. The Balaban J connectivity index is 2.16. The Bertz CT molecular complexity index is 1190. The average Bonchev–Trinajstić information content (AvgIpc) is 2.95. The van der Waals surface area contributed by atoms with Gasteiger partial charge in [-0.2, -0.15) is 4.57 Å². The van der Waals surface area contributed by atoms with Gasteiger partial charge in [-0.3, -0.25) is 25.0 Å². The molecule has 2 aromatic carbocycles. The van der Waals surface area contributed by atoms with Crippen molar-refractivity contribution in [1.29, 1.82) is 0 Å². The fraction of sp³-hybridized carbons (Fsp3) is 0. The van der Waals surface area contributed by atoms with Crippen LogP contribution in [-0.4, -0.2) is 25.1 Å². The van der Waals surface area contributed by atoms with E-state index in [2.05, 4.69) is 4.52 Å². The Labute approximate surface area is 147 Å². The predicted octanol–water partition coefficient (Wildman–Crippen LogP) is 1.10. The van der Waals surface area contributed by atoms with Gasteiger partial charge in [0.2, 0.25) is 0 Å². The number of aromatic nitrogens is 2. The number of hydrogen-bond acceptors (Lipinski definition) is 8. The fourth-order valence-corrected chi connectivity index (χ4v) is 2.32. The van der Waals surface area contributed by atoms with Gasteiger partial charge < -0.3 is 4.52 Å². The van der Waals surface area contributed by atoms with Crippen LogP contribution in [0, 0.1) is 20.2 Å². The van der Waals surface area contributed by atoms with Crippen LogP contribution in [-0.2, 0) is 0 Å². The van der Waals surface area contributed by atoms with Crippen LogP contribution in [0.25, 0.3) is 5.69 Å². The number of carbonyl (C=O) groups is 1. The van der Waals surface area contributed by atoms with Gasteiger partial charge in [-0.1, -0.05) is 22.9 Å². The molecule has 0 atom stereocenters. The van der Waals surface area contributed by atoms with Gasteiger partial charge >= 0.3 is 17.4 Å². The van der Waals surface area contributed by atoms with Gasteiger partial charge in [-0.25, -0.2) is 9.59 Å². The summed E-state index contributed by atoms with van der Waals surface area (Å²) in [6.45, 7) is 0. The molecule has 0 aliphatic heterocycles. The topological polar surface area (TPSA) is 160 Å². The highest BCUT2D eigenvalue weighted by molar-refractivity contribution is 5.99. The minimum absolute atomic E-state index is 0.0590. The molecular weight excluding hydrogens is 364 g/mol. The van der Waals surface area contributed by atoms with E-state index in [-0.39, 0.29) is 10.4 Å². The van der Waals surface area contributed by atoms with Crippen molar-refractivity contribution in [2.24, 2.45) is 0 Å². The molecule has 0 amide bonds. The standard InChI is InChI=1S/C15H8N4O8/c20-13(11-7-6-10(18(23)24)8-12(11)19(25)26)17-14(21)16(15(22)27-17)9-4-2-1-3-5-9/h1-8H. The van der Waals surface area contributed by atoms with Crippen molar-refractivity contribution in [3.05, 3.63) is 95.4 Å². The van der Waals surface area contributed by atoms with Crippen LogP contribution in [0.5, 0.6) is 0 Å². The van der Waals surface area contributed by atoms with Crippen molar-refractivity contribution in [2.75, 3.05) is 0 Å². The summed E-state index contributed by atoms with van der Waals surface area (Å²) in [5.74, 6) is -2.49. The molecule has 12 nitrogen and oxygen atoms in total. The lowest BCUT2D eigenvalue weighted by Gasteiger charge is -2.01. The summed E-state index contributed by atoms with van der Waals surface area (Å²) in [6.07, 6.45) is 0. The Morgan fingerprint density at radius 3 is 2.22 bits per heavy atom. The smallest absolute Gasteiger partial charge is 0.308 e. The molecule has 0 radical (unpaired) electrons. The Hall–Kier alpha value is -4.35. The van der Waals surface area contributed by atoms with Crippen LogP contribution in [0.3, 0.4) is 0 Å². The monoisotopic (exact) mass is 372 g/mol. The number of nitrogens with zero attached hydrogens (tertiary/aromatic N) is 4. The van der Waals surface area contributed by atoms with Gasteiger partial charge in [-0.15, -0.1) is 0 Å². The number of carbonyl (C=O) groups excluding carboxylic acids is 1. The molecule has 0 fully saturated rings. The Morgan fingerprint density at radius 1 is 0.963 bits per heavy atom. The first-order chi connectivity index (χ1) is 12.8. The zero-order valence-corrected chi connectivity index (χ0v) is 13.2. The summed E-state index contributed by atoms with van der Waals surface area (Å²) in [4.78, 5) is 56.9. The van der Waals surface area contributed by atoms with Crippen molar-refractivity contribution < 1.29 is 19.2 Å². The highest BCUT2D eigenvalue weighted by Crippen LogP contribution is 2.25. The summed E-state index contributed by atoms with van der Waals surface area (Å²) < 4.78 is 5.26. The summed E-state index contributed by atoms with van der Waals surface area (Å²) in [5, 5.41) is 21.9. The van der Waals surface area contributed by atoms with Crippen molar-refractivity contribution in [3.63, 3.8) is 0 Å². The van der Waals surface area contributed by atoms with E-state index >= 15 is 0 Å². The van der Waals surface area contributed by atoms with E-state index in [9.17, 15) is 34.6 Å². The van der Waals surface area contributed by atoms with E-state index < -0.39 is 44.1 Å². The van der Waals surface area contributed by atoms with Gasteiger partial charge in [-0.05, 0) is 18.2 Å². The maximum absolute atomic E-state index is 12.5. The van der Waals surface area contributed by atoms with E-state index in [1.807, 2.05) is 0 Å². The summed E-state index contributed by atoms with van der Waals surface area (Å²) in [6, 6.07) is 9.80. The van der Waals surface area contributed by atoms with Gasteiger partial charge in [0.05, 0.1) is 21.6 Å². The van der Waals surface area contributed by atoms with E-state index in [0.29, 0.717) is 10.6 Å². The summed E-state index contributed by atoms with van der Waals surface area (Å²) in [7, 11) is 0. The summed E-state index contributed by atoms with van der Waals surface area (Å²) in [5.41, 5.74) is -3.23. The van der Waals surface area contributed by atoms with Crippen LogP contribution < -0.4 is 11.4 Å². The lowest BCUT2D eigenvalue weighted by atomic mass is 10.1. The number of rotatable bonds is 4. The molecule has 136 valence electrons. The second-order valence-corrected chi connectivity index (χ2v) is 5.13.